The maximum absolute atomic E-state index is 11.0. The molecule has 0 spiro atoms. The Morgan fingerprint density at radius 2 is 1.58 bits per heavy atom. The Labute approximate surface area is 334 Å². The van der Waals surface area contributed by atoms with Crippen molar-refractivity contribution in [2.45, 2.75) is 45.0 Å². The fourth-order valence-corrected chi connectivity index (χ4v) is 6.54. The fourth-order valence-electron chi connectivity index (χ4n) is 5.69. The highest BCUT2D eigenvalue weighted by Gasteiger charge is 2.18. The van der Waals surface area contributed by atoms with E-state index in [-0.39, 0.29) is 49.4 Å². The molecule has 3 aromatic carbocycles. The van der Waals surface area contributed by atoms with Crippen LogP contribution in [0.5, 0.6) is 17.5 Å². The van der Waals surface area contributed by atoms with Crippen LogP contribution in [0.15, 0.2) is 85.2 Å². The number of aromatic nitrogens is 2. The van der Waals surface area contributed by atoms with Crippen molar-refractivity contribution in [2.24, 2.45) is 0 Å². The fraction of sp³-hybridized carbons (Fsp3) is 0.268. The second-order valence-corrected chi connectivity index (χ2v) is 13.6. The van der Waals surface area contributed by atoms with Crippen LogP contribution in [0.3, 0.4) is 0 Å². The second kappa shape index (κ2) is 20.7. The summed E-state index contributed by atoms with van der Waals surface area (Å²) in [6.07, 6.45) is 2.79. The molecule has 14 heteroatoms. The Balaban J connectivity index is 1.32. The standard InChI is InChI=1S/C41H39Cl3N4O7/c42-36-19-29(4-1-6-31(50)20-37(51)52)40(54-24-27-18-26(21-45)22-47-23-27)48-41(36)55-25-30-5-2-8-34(38(30)43)35-9-3-7-33(39(35)44)28-10-12-32(13-11-28)53-17-15-46-14-16-49/h2-3,5,7-13,18-19,22-23,31,46,49-50H,1,4,6,14-17,20,24-25H2,(H,51,52)/t31-/m1/s1. The van der Waals surface area contributed by atoms with Crippen LogP contribution in [0.4, 0.5) is 0 Å². The molecule has 2 aromatic heterocycles. The van der Waals surface area contributed by atoms with Crippen LogP contribution in [0.2, 0.25) is 15.1 Å². The van der Waals surface area contributed by atoms with Gasteiger partial charge >= 0.3 is 5.97 Å². The molecule has 0 aliphatic carbocycles. The predicted molar refractivity (Wildman–Crippen MR) is 211 cm³/mol. The molecule has 55 heavy (non-hydrogen) atoms. The van der Waals surface area contributed by atoms with Crippen molar-refractivity contribution in [3.8, 4) is 45.8 Å². The van der Waals surface area contributed by atoms with Crippen molar-refractivity contribution in [1.82, 2.24) is 15.3 Å². The predicted octanol–water partition coefficient (Wildman–Crippen LogP) is 7.92. The largest absolute Gasteiger partial charge is 0.492 e. The number of nitrogens with one attached hydrogen (secondary N) is 1. The SMILES string of the molecule is N#Cc1cncc(COc2nc(OCc3cccc(-c4cccc(-c5ccc(OCCNCCO)cc5)c4Cl)c3Cl)c(Cl)cc2CCC[C@@H](O)CC(=O)O)c1. The molecule has 0 bridgehead atoms. The molecule has 4 N–H and O–H groups in total. The van der Waals surface area contributed by atoms with Crippen LogP contribution in [0.25, 0.3) is 22.3 Å². The lowest BCUT2D eigenvalue weighted by atomic mass is 9.97. The van der Waals surface area contributed by atoms with Crippen LogP contribution in [0.1, 0.15) is 41.5 Å². The van der Waals surface area contributed by atoms with Gasteiger partial charge in [0.1, 0.15) is 36.7 Å². The van der Waals surface area contributed by atoms with Crippen LogP contribution >= 0.6 is 34.8 Å². The molecular weight excluding hydrogens is 767 g/mol. The van der Waals surface area contributed by atoms with E-state index in [1.807, 2.05) is 60.7 Å². The Hall–Kier alpha value is -4.93. The average Bonchev–Trinajstić information content (AvgIpc) is 3.18. The Kier molecular flexibility index (Phi) is 15.5. The van der Waals surface area contributed by atoms with Gasteiger partial charge in [0.05, 0.1) is 34.7 Å². The Morgan fingerprint density at radius 1 is 0.855 bits per heavy atom. The zero-order chi connectivity index (χ0) is 39.2. The summed E-state index contributed by atoms with van der Waals surface area (Å²) in [7, 11) is 0. The zero-order valence-electron chi connectivity index (χ0n) is 29.7. The molecule has 5 rings (SSSR count). The molecule has 0 saturated carbocycles. The van der Waals surface area contributed by atoms with E-state index in [0.29, 0.717) is 70.4 Å². The molecule has 0 aliphatic heterocycles. The Morgan fingerprint density at radius 3 is 2.33 bits per heavy atom. The first-order valence-electron chi connectivity index (χ1n) is 17.5. The summed E-state index contributed by atoms with van der Waals surface area (Å²) >= 11 is 20.7. The number of hydrogen-bond acceptors (Lipinski definition) is 10. The number of carboxylic acid groups (broad SMARTS) is 1. The normalized spacial score (nSPS) is 11.5. The molecule has 0 aliphatic rings. The lowest BCUT2D eigenvalue weighted by Gasteiger charge is -2.16. The number of aliphatic hydroxyl groups excluding tert-OH is 2. The molecule has 0 unspecified atom stereocenters. The molecule has 11 nitrogen and oxygen atoms in total. The molecule has 5 aromatic rings. The van der Waals surface area contributed by atoms with E-state index in [4.69, 9.17) is 59.2 Å². The van der Waals surface area contributed by atoms with Gasteiger partial charge in [-0.05, 0) is 49.1 Å². The molecule has 2 heterocycles. The van der Waals surface area contributed by atoms with Gasteiger partial charge in [0.15, 0.2) is 0 Å². The van der Waals surface area contributed by atoms with Crippen LogP contribution in [-0.4, -0.2) is 63.7 Å². The molecule has 1 atom stereocenters. The van der Waals surface area contributed by atoms with E-state index in [1.165, 1.54) is 6.20 Å². The van der Waals surface area contributed by atoms with Crippen LogP contribution in [-0.2, 0) is 24.4 Å². The summed E-state index contributed by atoms with van der Waals surface area (Å²) in [5.41, 5.74) is 5.50. The number of nitriles is 1. The lowest BCUT2D eigenvalue weighted by Crippen LogP contribution is -2.23. The maximum Gasteiger partial charge on any atom is 0.305 e. The van der Waals surface area contributed by atoms with Gasteiger partial charge in [-0.1, -0.05) is 83.3 Å². The van der Waals surface area contributed by atoms with E-state index in [9.17, 15) is 15.2 Å². The summed E-state index contributed by atoms with van der Waals surface area (Å²) in [6.45, 7) is 1.75. The average molecular weight is 806 g/mol. The topological polar surface area (TPSA) is 167 Å². The number of pyridine rings is 2. The third-order valence-electron chi connectivity index (χ3n) is 8.41. The van der Waals surface area contributed by atoms with Crippen molar-refractivity contribution < 1.29 is 34.3 Å². The number of aliphatic carboxylic acids is 1. The third kappa shape index (κ3) is 11.8. The van der Waals surface area contributed by atoms with Crippen molar-refractivity contribution in [1.29, 1.82) is 5.26 Å². The molecule has 0 fully saturated rings. The van der Waals surface area contributed by atoms with Gasteiger partial charge in [-0.2, -0.15) is 10.2 Å². The van der Waals surface area contributed by atoms with Gasteiger partial charge in [0.2, 0.25) is 11.8 Å². The Bertz CT molecular complexity index is 2110. The highest BCUT2D eigenvalue weighted by Crippen LogP contribution is 2.41. The number of ether oxygens (including phenoxy) is 3. The van der Waals surface area contributed by atoms with Gasteiger partial charge in [-0.15, -0.1) is 0 Å². The number of benzene rings is 3. The molecule has 0 saturated heterocycles. The van der Waals surface area contributed by atoms with Gasteiger partial charge in [0.25, 0.3) is 0 Å². The van der Waals surface area contributed by atoms with Gasteiger partial charge in [-0.3, -0.25) is 9.78 Å². The van der Waals surface area contributed by atoms with E-state index in [1.54, 1.807) is 18.3 Å². The number of halogens is 3. The summed E-state index contributed by atoms with van der Waals surface area (Å²) in [5, 5.41) is 41.5. The van der Waals surface area contributed by atoms with E-state index in [0.717, 1.165) is 22.4 Å². The number of rotatable bonds is 20. The highest BCUT2D eigenvalue weighted by atomic mass is 35.5. The summed E-state index contributed by atoms with van der Waals surface area (Å²) in [5.74, 6) is -0.0271. The summed E-state index contributed by atoms with van der Waals surface area (Å²) in [4.78, 5) is 19.7. The van der Waals surface area contributed by atoms with Crippen molar-refractivity contribution in [3.63, 3.8) is 0 Å². The third-order valence-corrected chi connectivity index (χ3v) is 9.53. The van der Waals surface area contributed by atoms with E-state index < -0.39 is 12.1 Å². The molecular formula is C41H39Cl3N4O7. The van der Waals surface area contributed by atoms with E-state index in [2.05, 4.69) is 21.4 Å². The van der Waals surface area contributed by atoms with Crippen molar-refractivity contribution in [2.75, 3.05) is 26.3 Å². The minimum atomic E-state index is -1.08. The zero-order valence-corrected chi connectivity index (χ0v) is 31.9. The summed E-state index contributed by atoms with van der Waals surface area (Å²) in [6, 6.07) is 24.4. The number of aliphatic hydroxyl groups is 2. The molecule has 0 radical (unpaired) electrons. The number of carbonyl (C=O) groups is 1. The first kappa shape index (κ1) is 41.2. The second-order valence-electron chi connectivity index (χ2n) is 12.4. The minimum absolute atomic E-state index is 0.0159. The maximum atomic E-state index is 11.0. The molecule has 286 valence electrons. The smallest absolute Gasteiger partial charge is 0.305 e. The first-order chi connectivity index (χ1) is 26.7. The molecule has 0 amide bonds. The first-order valence-corrected chi connectivity index (χ1v) is 18.6. The number of nitrogens with zero attached hydrogens (tertiary/aromatic N) is 3. The summed E-state index contributed by atoms with van der Waals surface area (Å²) < 4.78 is 18.0. The van der Waals surface area contributed by atoms with Crippen molar-refractivity contribution >= 4 is 40.8 Å². The van der Waals surface area contributed by atoms with Crippen molar-refractivity contribution in [3.05, 3.63) is 123 Å². The van der Waals surface area contributed by atoms with Gasteiger partial charge in [0, 0.05) is 58.9 Å². The van der Waals surface area contributed by atoms with Crippen LogP contribution < -0.4 is 19.5 Å². The number of hydrogen-bond donors (Lipinski definition) is 4. The minimum Gasteiger partial charge on any atom is -0.492 e. The number of carboxylic acids is 1. The lowest BCUT2D eigenvalue weighted by molar-refractivity contribution is -0.139. The quantitative estimate of drug-likeness (QED) is 0.0565. The van der Waals surface area contributed by atoms with Gasteiger partial charge in [-0.25, -0.2) is 0 Å². The van der Waals surface area contributed by atoms with Gasteiger partial charge < -0.3 is 34.8 Å². The number of aryl methyl sites for hydroxylation is 1. The van der Waals surface area contributed by atoms with Crippen LogP contribution in [0, 0.1) is 11.3 Å². The van der Waals surface area contributed by atoms with E-state index >= 15 is 0 Å². The highest BCUT2D eigenvalue weighted by molar-refractivity contribution is 6.38. The monoisotopic (exact) mass is 804 g/mol.